The molecule has 0 saturated heterocycles. The highest BCUT2D eigenvalue weighted by Crippen LogP contribution is 2.38. The van der Waals surface area contributed by atoms with Crippen molar-refractivity contribution in [2.24, 2.45) is 0 Å². The van der Waals surface area contributed by atoms with E-state index in [1.165, 1.54) is 0 Å². The van der Waals surface area contributed by atoms with Gasteiger partial charge < -0.3 is 10.1 Å². The summed E-state index contributed by atoms with van der Waals surface area (Å²) in [5, 5.41) is 23.3. The Morgan fingerprint density at radius 1 is 1.00 bits per heavy atom. The molecule has 0 amide bonds. The van der Waals surface area contributed by atoms with Gasteiger partial charge >= 0.3 is 0 Å². The molecule has 0 fully saturated rings. The zero-order chi connectivity index (χ0) is 22.7. The van der Waals surface area contributed by atoms with Crippen molar-refractivity contribution in [3.63, 3.8) is 0 Å². The molecule has 4 rings (SSSR count). The molecule has 0 aliphatic rings. The third-order valence-electron chi connectivity index (χ3n) is 4.80. The number of halogens is 2. The number of aromatic nitrogens is 2. The minimum atomic E-state index is 0.280. The molecule has 0 spiro atoms. The highest BCUT2D eigenvalue weighted by molar-refractivity contribution is 9.10. The Kier molecular flexibility index (Phi) is 6.23. The molecule has 0 saturated carbocycles. The summed E-state index contributed by atoms with van der Waals surface area (Å²) in [6, 6.07) is 20.3. The van der Waals surface area contributed by atoms with Gasteiger partial charge in [-0.15, -0.1) is 0 Å². The molecule has 0 atom stereocenters. The molecule has 0 radical (unpaired) electrons. The molecule has 1 aromatic heterocycles. The van der Waals surface area contributed by atoms with Crippen LogP contribution in [0.25, 0.3) is 10.8 Å². The van der Waals surface area contributed by atoms with E-state index in [0.717, 1.165) is 20.9 Å². The van der Waals surface area contributed by atoms with Crippen LogP contribution in [-0.2, 0) is 6.42 Å². The molecular formula is C24H15BrClN5O. The van der Waals surface area contributed by atoms with E-state index in [-0.39, 0.29) is 5.95 Å². The van der Waals surface area contributed by atoms with Crippen molar-refractivity contribution in [3.8, 4) is 23.8 Å². The number of benzene rings is 3. The van der Waals surface area contributed by atoms with Crippen molar-refractivity contribution >= 4 is 49.9 Å². The summed E-state index contributed by atoms with van der Waals surface area (Å²) in [6.07, 6.45) is 0.585. The number of nitrogens with one attached hydrogen (secondary N) is 1. The number of nitriles is 2. The zero-order valence-corrected chi connectivity index (χ0v) is 19.2. The lowest BCUT2D eigenvalue weighted by atomic mass is 10.1. The predicted molar refractivity (Wildman–Crippen MR) is 127 cm³/mol. The molecule has 0 aliphatic heterocycles. The van der Waals surface area contributed by atoms with Crippen LogP contribution in [0.4, 0.5) is 11.6 Å². The molecular weight excluding hydrogens is 490 g/mol. The molecule has 0 bridgehead atoms. The smallest absolute Gasteiger partial charge is 0.231 e. The topological polar surface area (TPSA) is 94.6 Å². The third-order valence-corrected chi connectivity index (χ3v) is 5.93. The Morgan fingerprint density at radius 3 is 2.41 bits per heavy atom. The van der Waals surface area contributed by atoms with E-state index in [1.54, 1.807) is 30.3 Å². The van der Waals surface area contributed by atoms with Gasteiger partial charge in [-0.3, -0.25) is 0 Å². The quantitative estimate of drug-likeness (QED) is 0.297. The summed E-state index contributed by atoms with van der Waals surface area (Å²) in [5.41, 5.74) is 2.55. The van der Waals surface area contributed by atoms with Crippen molar-refractivity contribution < 1.29 is 4.74 Å². The summed E-state index contributed by atoms with van der Waals surface area (Å²) in [6.45, 7) is 1.95. The van der Waals surface area contributed by atoms with Gasteiger partial charge in [0.1, 0.15) is 10.9 Å². The number of hydrogen-bond donors (Lipinski definition) is 1. The fraction of sp³-hybridized carbons (Fsp3) is 0.0833. The number of anilines is 2. The van der Waals surface area contributed by atoms with Crippen molar-refractivity contribution in [3.05, 3.63) is 80.9 Å². The van der Waals surface area contributed by atoms with E-state index in [2.05, 4.69) is 43.4 Å². The van der Waals surface area contributed by atoms with Gasteiger partial charge in [-0.25, -0.2) is 4.98 Å². The van der Waals surface area contributed by atoms with Crippen LogP contribution in [0, 0.1) is 22.7 Å². The largest absolute Gasteiger partial charge is 0.437 e. The SMILES string of the molecule is CCc1c(Cl)nc(Nc2ccc(C#N)cc2)nc1Oc1ccc2cc(C#N)ccc2c1Br. The molecule has 1 N–H and O–H groups in total. The van der Waals surface area contributed by atoms with Crippen LogP contribution in [0.15, 0.2) is 59.1 Å². The van der Waals surface area contributed by atoms with Crippen LogP contribution in [0.5, 0.6) is 11.6 Å². The fourth-order valence-electron chi connectivity index (χ4n) is 3.16. The van der Waals surface area contributed by atoms with E-state index in [1.807, 2.05) is 31.2 Å². The lowest BCUT2D eigenvalue weighted by Gasteiger charge is -2.14. The average Bonchev–Trinajstić information content (AvgIpc) is 2.81. The molecule has 0 aliphatic carbocycles. The number of fused-ring (bicyclic) bond motifs is 1. The lowest BCUT2D eigenvalue weighted by Crippen LogP contribution is -2.03. The number of rotatable bonds is 5. The van der Waals surface area contributed by atoms with E-state index in [4.69, 9.17) is 26.9 Å². The Bertz CT molecular complexity index is 1410. The second-order valence-corrected chi connectivity index (χ2v) is 7.97. The van der Waals surface area contributed by atoms with Crippen molar-refractivity contribution in [1.82, 2.24) is 9.97 Å². The Hall–Kier alpha value is -3.65. The Labute approximate surface area is 198 Å². The Balaban J connectivity index is 1.70. The predicted octanol–water partition coefficient (Wildman–Crippen LogP) is 6.89. The van der Waals surface area contributed by atoms with Gasteiger partial charge in [0.25, 0.3) is 0 Å². The van der Waals surface area contributed by atoms with Gasteiger partial charge in [-0.2, -0.15) is 15.5 Å². The van der Waals surface area contributed by atoms with E-state index < -0.39 is 0 Å². The maximum absolute atomic E-state index is 9.12. The van der Waals surface area contributed by atoms with Gasteiger partial charge in [0, 0.05) is 5.69 Å². The monoisotopic (exact) mass is 503 g/mol. The summed E-state index contributed by atoms with van der Waals surface area (Å²) < 4.78 is 6.91. The minimum absolute atomic E-state index is 0.280. The molecule has 0 unspecified atom stereocenters. The second kappa shape index (κ2) is 9.23. The maximum atomic E-state index is 9.12. The average molecular weight is 505 g/mol. The first-order chi connectivity index (χ1) is 15.5. The standard InChI is InChI=1S/C24H15BrClN5O/c1-2-18-22(26)30-24(29-17-7-3-14(12-27)4-8-17)31-23(18)32-20-10-6-16-11-15(13-28)5-9-19(16)21(20)25/h3-11H,2H2,1H3,(H,29,30,31). The first-order valence-corrected chi connectivity index (χ1v) is 10.8. The van der Waals surface area contributed by atoms with Gasteiger partial charge in [0.05, 0.1) is 33.3 Å². The van der Waals surface area contributed by atoms with Gasteiger partial charge in [0.15, 0.2) is 0 Å². The second-order valence-electron chi connectivity index (χ2n) is 6.82. The summed E-state index contributed by atoms with van der Waals surface area (Å²) in [4.78, 5) is 8.86. The van der Waals surface area contributed by atoms with Crippen molar-refractivity contribution in [2.45, 2.75) is 13.3 Å². The molecule has 3 aromatic carbocycles. The van der Waals surface area contributed by atoms with Crippen LogP contribution in [-0.4, -0.2) is 9.97 Å². The Morgan fingerprint density at radius 2 is 1.72 bits per heavy atom. The first kappa shape index (κ1) is 21.6. The van der Waals surface area contributed by atoms with Gasteiger partial charge in [-0.1, -0.05) is 30.7 Å². The summed E-state index contributed by atoms with van der Waals surface area (Å²) in [5.74, 6) is 1.19. The lowest BCUT2D eigenvalue weighted by molar-refractivity contribution is 0.454. The molecule has 8 heteroatoms. The van der Waals surface area contributed by atoms with E-state index in [0.29, 0.717) is 39.9 Å². The van der Waals surface area contributed by atoms with E-state index >= 15 is 0 Å². The van der Waals surface area contributed by atoms with Crippen LogP contribution < -0.4 is 10.1 Å². The highest BCUT2D eigenvalue weighted by Gasteiger charge is 2.16. The molecule has 4 aromatic rings. The molecule has 156 valence electrons. The third kappa shape index (κ3) is 4.36. The normalized spacial score (nSPS) is 10.4. The maximum Gasteiger partial charge on any atom is 0.231 e. The van der Waals surface area contributed by atoms with Gasteiger partial charge in [0.2, 0.25) is 11.8 Å². The fourth-order valence-corrected chi connectivity index (χ4v) is 4.03. The van der Waals surface area contributed by atoms with Crippen molar-refractivity contribution in [1.29, 1.82) is 10.5 Å². The van der Waals surface area contributed by atoms with Crippen molar-refractivity contribution in [2.75, 3.05) is 5.32 Å². The summed E-state index contributed by atoms with van der Waals surface area (Å²) in [7, 11) is 0. The van der Waals surface area contributed by atoms with Crippen LogP contribution in [0.1, 0.15) is 23.6 Å². The highest BCUT2D eigenvalue weighted by atomic mass is 79.9. The number of nitrogens with zero attached hydrogens (tertiary/aromatic N) is 4. The molecule has 1 heterocycles. The van der Waals surface area contributed by atoms with E-state index in [9.17, 15) is 0 Å². The zero-order valence-electron chi connectivity index (χ0n) is 16.9. The first-order valence-electron chi connectivity index (χ1n) is 9.66. The number of ether oxygens (including phenoxy) is 1. The number of hydrogen-bond acceptors (Lipinski definition) is 6. The molecule has 32 heavy (non-hydrogen) atoms. The van der Waals surface area contributed by atoms with Crippen LogP contribution in [0.3, 0.4) is 0 Å². The minimum Gasteiger partial charge on any atom is -0.437 e. The van der Waals surface area contributed by atoms with Crippen LogP contribution >= 0.6 is 27.5 Å². The molecule has 6 nitrogen and oxygen atoms in total. The van der Waals surface area contributed by atoms with Crippen LogP contribution in [0.2, 0.25) is 5.15 Å². The summed E-state index contributed by atoms with van der Waals surface area (Å²) >= 11 is 10.0. The van der Waals surface area contributed by atoms with Gasteiger partial charge in [-0.05, 0) is 75.6 Å².